The number of anilines is 1. The van der Waals surface area contributed by atoms with E-state index in [4.69, 9.17) is 11.6 Å². The van der Waals surface area contributed by atoms with Gasteiger partial charge in [-0.15, -0.1) is 0 Å². The van der Waals surface area contributed by atoms with Crippen molar-refractivity contribution in [3.63, 3.8) is 0 Å². The molecule has 3 nitrogen and oxygen atoms in total. The predicted molar refractivity (Wildman–Crippen MR) is 86.2 cm³/mol. The lowest BCUT2D eigenvalue weighted by Crippen LogP contribution is -2.03. The van der Waals surface area contributed by atoms with Crippen LogP contribution in [0.25, 0.3) is 11.4 Å². The summed E-state index contributed by atoms with van der Waals surface area (Å²) in [5.41, 5.74) is 1.72. The summed E-state index contributed by atoms with van der Waals surface area (Å²) < 4.78 is 13.3. The fourth-order valence-corrected chi connectivity index (χ4v) is 2.24. The van der Waals surface area contributed by atoms with Crippen LogP contribution in [0.15, 0.2) is 60.7 Å². The van der Waals surface area contributed by atoms with Gasteiger partial charge in [0.05, 0.1) is 0 Å². The van der Waals surface area contributed by atoms with Crippen LogP contribution in [0.3, 0.4) is 0 Å². The number of halogens is 2. The zero-order valence-electron chi connectivity index (χ0n) is 11.6. The van der Waals surface area contributed by atoms with Crippen molar-refractivity contribution in [2.24, 2.45) is 0 Å². The van der Waals surface area contributed by atoms with Gasteiger partial charge >= 0.3 is 0 Å². The van der Waals surface area contributed by atoms with Crippen molar-refractivity contribution in [3.8, 4) is 11.4 Å². The number of nitrogens with zero attached hydrogens (tertiary/aromatic N) is 2. The molecule has 0 aliphatic rings. The summed E-state index contributed by atoms with van der Waals surface area (Å²) in [6, 6.07) is 17.7. The van der Waals surface area contributed by atoms with Crippen LogP contribution in [0.5, 0.6) is 0 Å². The molecule has 1 heterocycles. The minimum Gasteiger partial charge on any atom is -0.366 e. The van der Waals surface area contributed by atoms with Gasteiger partial charge in [-0.3, -0.25) is 0 Å². The van der Waals surface area contributed by atoms with Crippen LogP contribution < -0.4 is 5.32 Å². The Morgan fingerprint density at radius 1 is 0.955 bits per heavy atom. The predicted octanol–water partition coefficient (Wildman–Crippen LogP) is 4.55. The third kappa shape index (κ3) is 3.59. The summed E-state index contributed by atoms with van der Waals surface area (Å²) in [5.74, 6) is 0.658. The molecule has 2 aromatic carbocycles. The van der Waals surface area contributed by atoms with Crippen LogP contribution in [0.1, 0.15) is 5.56 Å². The molecule has 0 unspecified atom stereocenters. The Hall–Kier alpha value is -2.46. The monoisotopic (exact) mass is 313 g/mol. The summed E-state index contributed by atoms with van der Waals surface area (Å²) in [6.07, 6.45) is 0. The number of hydrogen-bond acceptors (Lipinski definition) is 3. The molecule has 3 aromatic rings. The molecule has 0 atom stereocenters. The smallest absolute Gasteiger partial charge is 0.163 e. The summed E-state index contributed by atoms with van der Waals surface area (Å²) in [5, 5.41) is 3.51. The maximum atomic E-state index is 13.3. The highest BCUT2D eigenvalue weighted by atomic mass is 35.5. The van der Waals surface area contributed by atoms with Crippen LogP contribution in [-0.2, 0) is 6.54 Å². The Morgan fingerprint density at radius 2 is 1.77 bits per heavy atom. The molecule has 1 N–H and O–H groups in total. The van der Waals surface area contributed by atoms with E-state index in [0.717, 1.165) is 5.56 Å². The molecule has 0 aliphatic carbocycles. The molecule has 0 aliphatic heterocycles. The highest BCUT2D eigenvalue weighted by Crippen LogP contribution is 2.21. The molecule has 22 heavy (non-hydrogen) atoms. The first-order valence-electron chi connectivity index (χ1n) is 6.79. The number of aromatic nitrogens is 2. The van der Waals surface area contributed by atoms with Crippen LogP contribution in [0.2, 0.25) is 5.15 Å². The first kappa shape index (κ1) is 14.5. The second kappa shape index (κ2) is 6.54. The summed E-state index contributed by atoms with van der Waals surface area (Å²) in [4.78, 5) is 8.53. The molecule has 0 radical (unpaired) electrons. The van der Waals surface area contributed by atoms with Crippen molar-refractivity contribution in [1.82, 2.24) is 9.97 Å². The second-order valence-corrected chi connectivity index (χ2v) is 5.14. The van der Waals surface area contributed by atoms with E-state index in [0.29, 0.717) is 28.9 Å². The summed E-state index contributed by atoms with van der Waals surface area (Å²) in [6.45, 7) is 0.622. The zero-order valence-corrected chi connectivity index (χ0v) is 12.4. The van der Waals surface area contributed by atoms with E-state index in [1.807, 2.05) is 30.3 Å². The molecule has 0 saturated carbocycles. The molecule has 0 saturated heterocycles. The lowest BCUT2D eigenvalue weighted by Gasteiger charge is -2.08. The van der Waals surface area contributed by atoms with Gasteiger partial charge < -0.3 is 5.32 Å². The number of rotatable bonds is 4. The topological polar surface area (TPSA) is 37.8 Å². The fraction of sp³-hybridized carbons (Fsp3) is 0.0588. The van der Waals surface area contributed by atoms with Crippen molar-refractivity contribution in [3.05, 3.63) is 77.2 Å². The summed E-state index contributed by atoms with van der Waals surface area (Å²) >= 11 is 6.04. The average molecular weight is 314 g/mol. The highest BCUT2D eigenvalue weighted by Gasteiger charge is 2.07. The number of nitrogens with one attached hydrogen (secondary N) is 1. The van der Waals surface area contributed by atoms with E-state index in [1.54, 1.807) is 18.2 Å². The lowest BCUT2D eigenvalue weighted by atomic mass is 10.2. The third-order valence-electron chi connectivity index (χ3n) is 3.09. The molecule has 1 aromatic heterocycles. The lowest BCUT2D eigenvalue weighted by molar-refractivity contribution is 0.628. The Bertz CT molecular complexity index is 778. The largest absolute Gasteiger partial charge is 0.366 e. The van der Waals surface area contributed by atoms with E-state index >= 15 is 0 Å². The molecule has 110 valence electrons. The highest BCUT2D eigenvalue weighted by molar-refractivity contribution is 6.29. The first-order chi connectivity index (χ1) is 10.7. The third-order valence-corrected chi connectivity index (χ3v) is 3.29. The van der Waals surface area contributed by atoms with E-state index in [-0.39, 0.29) is 5.82 Å². The number of benzene rings is 2. The minimum absolute atomic E-state index is 0.310. The maximum Gasteiger partial charge on any atom is 0.163 e. The first-order valence-corrected chi connectivity index (χ1v) is 7.17. The standard InChI is InChI=1S/C17H13ClFN3/c18-15-10-16(20-11-12-5-2-1-3-6-12)22-17(21-15)13-7-4-8-14(19)9-13/h1-10H,11H2,(H,20,21,22). The number of hydrogen-bond donors (Lipinski definition) is 1. The normalized spacial score (nSPS) is 10.5. The molecular formula is C17H13ClFN3. The molecule has 0 fully saturated rings. The van der Waals surface area contributed by atoms with Crippen molar-refractivity contribution < 1.29 is 4.39 Å². The molecule has 5 heteroatoms. The van der Waals surface area contributed by atoms with Crippen molar-refractivity contribution in [2.75, 3.05) is 5.32 Å². The van der Waals surface area contributed by atoms with Crippen molar-refractivity contribution >= 4 is 17.4 Å². The van der Waals surface area contributed by atoms with Gasteiger partial charge in [-0.2, -0.15) is 0 Å². The van der Waals surface area contributed by atoms with Gasteiger partial charge in [-0.05, 0) is 17.7 Å². The maximum absolute atomic E-state index is 13.3. The van der Waals surface area contributed by atoms with E-state index in [9.17, 15) is 4.39 Å². The van der Waals surface area contributed by atoms with E-state index < -0.39 is 0 Å². The Balaban J connectivity index is 1.84. The Kier molecular flexibility index (Phi) is 4.30. The van der Waals surface area contributed by atoms with Crippen LogP contribution in [0, 0.1) is 5.82 Å². The Morgan fingerprint density at radius 3 is 2.55 bits per heavy atom. The van der Waals surface area contributed by atoms with Gasteiger partial charge in [-0.25, -0.2) is 14.4 Å². The minimum atomic E-state index is -0.333. The molecular weight excluding hydrogens is 301 g/mol. The van der Waals surface area contributed by atoms with Gasteiger partial charge in [0.25, 0.3) is 0 Å². The zero-order chi connectivity index (χ0) is 15.4. The summed E-state index contributed by atoms with van der Waals surface area (Å²) in [7, 11) is 0. The van der Waals surface area contributed by atoms with Crippen LogP contribution in [-0.4, -0.2) is 9.97 Å². The van der Waals surface area contributed by atoms with Gasteiger partial charge in [0, 0.05) is 18.2 Å². The van der Waals surface area contributed by atoms with E-state index in [1.165, 1.54) is 12.1 Å². The van der Waals surface area contributed by atoms with Gasteiger partial charge in [0.2, 0.25) is 0 Å². The molecule has 3 rings (SSSR count). The fourth-order valence-electron chi connectivity index (χ4n) is 2.05. The molecule has 0 amide bonds. The van der Waals surface area contributed by atoms with Gasteiger partial charge in [0.15, 0.2) is 5.82 Å². The molecule has 0 spiro atoms. The molecule has 0 bridgehead atoms. The average Bonchev–Trinajstić information content (AvgIpc) is 2.53. The van der Waals surface area contributed by atoms with Gasteiger partial charge in [0.1, 0.15) is 16.8 Å². The van der Waals surface area contributed by atoms with Crippen LogP contribution >= 0.6 is 11.6 Å². The van der Waals surface area contributed by atoms with E-state index in [2.05, 4.69) is 15.3 Å². The quantitative estimate of drug-likeness (QED) is 0.718. The van der Waals surface area contributed by atoms with Crippen LogP contribution in [0.4, 0.5) is 10.2 Å². The second-order valence-electron chi connectivity index (χ2n) is 4.75. The Labute approximate surface area is 132 Å². The van der Waals surface area contributed by atoms with Crippen molar-refractivity contribution in [1.29, 1.82) is 0 Å². The van der Waals surface area contributed by atoms with Crippen molar-refractivity contribution in [2.45, 2.75) is 6.54 Å². The SMILES string of the molecule is Fc1cccc(-c2nc(Cl)cc(NCc3ccccc3)n2)c1. The van der Waals surface area contributed by atoms with Gasteiger partial charge in [-0.1, -0.05) is 54.1 Å².